The number of rotatable bonds is 0. The third-order valence-corrected chi connectivity index (χ3v) is 4.97. The standard InChI is InChI=1S/C8H9N.C8H8OS/c1-2-4-8-7(3-1)5-6-9-8;9-10-6-5-7-3-1-2-4-8(7)10/h1-4,9H,5-6H2;1-4H,5-6H2. The van der Waals surface area contributed by atoms with Gasteiger partial charge < -0.3 is 5.32 Å². The lowest BCUT2D eigenvalue weighted by Gasteiger charge is -1.94. The van der Waals surface area contributed by atoms with Crippen molar-refractivity contribution in [2.45, 2.75) is 17.7 Å². The van der Waals surface area contributed by atoms with E-state index in [-0.39, 0.29) is 0 Å². The Morgan fingerprint density at radius 2 is 1.63 bits per heavy atom. The molecule has 0 amide bonds. The highest BCUT2D eigenvalue weighted by molar-refractivity contribution is 7.85. The zero-order valence-electron chi connectivity index (χ0n) is 10.8. The van der Waals surface area contributed by atoms with Crippen molar-refractivity contribution in [2.75, 3.05) is 17.6 Å². The van der Waals surface area contributed by atoms with Gasteiger partial charge in [-0.15, -0.1) is 0 Å². The number of hydrogen-bond acceptors (Lipinski definition) is 2. The van der Waals surface area contributed by atoms with Crippen LogP contribution >= 0.6 is 0 Å². The second kappa shape index (κ2) is 5.57. The highest BCUT2D eigenvalue weighted by Crippen LogP contribution is 2.21. The van der Waals surface area contributed by atoms with Gasteiger partial charge in [0.25, 0.3) is 0 Å². The van der Waals surface area contributed by atoms with Gasteiger partial charge in [-0.2, -0.15) is 0 Å². The third kappa shape index (κ3) is 2.71. The lowest BCUT2D eigenvalue weighted by atomic mass is 10.2. The SMILES string of the molecule is O=S1CCc2ccccc21.c1ccc2c(c1)CCN2. The van der Waals surface area contributed by atoms with Crippen LogP contribution in [-0.4, -0.2) is 16.5 Å². The Kier molecular flexibility index (Phi) is 3.65. The van der Waals surface area contributed by atoms with Crippen molar-refractivity contribution in [3.63, 3.8) is 0 Å². The average molecular weight is 271 g/mol. The van der Waals surface area contributed by atoms with E-state index in [9.17, 15) is 4.21 Å². The molecule has 2 heterocycles. The molecule has 0 radical (unpaired) electrons. The second-order valence-electron chi connectivity index (χ2n) is 4.74. The van der Waals surface area contributed by atoms with Gasteiger partial charge in [0, 0.05) is 22.9 Å². The first-order valence-electron chi connectivity index (χ1n) is 6.62. The molecule has 1 N–H and O–H groups in total. The number of aryl methyl sites for hydroxylation is 1. The van der Waals surface area contributed by atoms with Crippen molar-refractivity contribution in [3.05, 3.63) is 59.7 Å². The van der Waals surface area contributed by atoms with E-state index in [1.807, 2.05) is 18.2 Å². The summed E-state index contributed by atoms with van der Waals surface area (Å²) in [7, 11) is -0.698. The van der Waals surface area contributed by atoms with Gasteiger partial charge in [-0.1, -0.05) is 36.4 Å². The number of hydrogen-bond donors (Lipinski definition) is 1. The molecule has 2 aromatic carbocycles. The minimum Gasteiger partial charge on any atom is -0.384 e. The number of fused-ring (bicyclic) bond motifs is 2. The van der Waals surface area contributed by atoms with Gasteiger partial charge >= 0.3 is 0 Å². The van der Waals surface area contributed by atoms with E-state index >= 15 is 0 Å². The maximum absolute atomic E-state index is 11.2. The van der Waals surface area contributed by atoms with E-state index < -0.39 is 10.8 Å². The molecule has 19 heavy (non-hydrogen) atoms. The normalized spacial score (nSPS) is 18.8. The van der Waals surface area contributed by atoms with Gasteiger partial charge in [0.05, 0.1) is 10.8 Å². The van der Waals surface area contributed by atoms with Gasteiger partial charge in [-0.25, -0.2) is 0 Å². The van der Waals surface area contributed by atoms with E-state index in [0.29, 0.717) is 0 Å². The van der Waals surface area contributed by atoms with Crippen molar-refractivity contribution in [2.24, 2.45) is 0 Å². The molecule has 2 aromatic rings. The Morgan fingerprint density at radius 1 is 0.895 bits per heavy atom. The van der Waals surface area contributed by atoms with Crippen LogP contribution in [0.4, 0.5) is 5.69 Å². The van der Waals surface area contributed by atoms with Crippen LogP contribution < -0.4 is 5.32 Å². The summed E-state index contributed by atoms with van der Waals surface area (Å²) in [5.41, 5.74) is 4.04. The monoisotopic (exact) mass is 271 g/mol. The maximum atomic E-state index is 11.2. The molecule has 2 nitrogen and oxygen atoms in total. The molecule has 1 unspecified atom stereocenters. The largest absolute Gasteiger partial charge is 0.384 e. The maximum Gasteiger partial charge on any atom is 0.0535 e. The molecule has 2 aliphatic heterocycles. The quantitative estimate of drug-likeness (QED) is 0.798. The van der Waals surface area contributed by atoms with Gasteiger partial charge in [-0.3, -0.25) is 4.21 Å². The average Bonchev–Trinajstić information content (AvgIpc) is 3.07. The van der Waals surface area contributed by atoms with E-state index in [0.717, 1.165) is 23.6 Å². The van der Waals surface area contributed by atoms with Crippen LogP contribution in [0, 0.1) is 0 Å². The van der Waals surface area contributed by atoms with Crippen molar-refractivity contribution in [1.82, 2.24) is 0 Å². The van der Waals surface area contributed by atoms with Gasteiger partial charge in [0.15, 0.2) is 0 Å². The molecule has 1 atom stereocenters. The highest BCUT2D eigenvalue weighted by Gasteiger charge is 2.15. The molecular weight excluding hydrogens is 254 g/mol. The summed E-state index contributed by atoms with van der Waals surface area (Å²) in [4.78, 5) is 1.04. The molecular formula is C16H17NOS. The van der Waals surface area contributed by atoms with Gasteiger partial charge in [0.2, 0.25) is 0 Å². The van der Waals surface area contributed by atoms with Gasteiger partial charge in [0.1, 0.15) is 0 Å². The van der Waals surface area contributed by atoms with Crippen LogP contribution in [0.5, 0.6) is 0 Å². The summed E-state index contributed by atoms with van der Waals surface area (Å²) >= 11 is 0. The summed E-state index contributed by atoms with van der Waals surface area (Å²) in [6.07, 6.45) is 2.18. The Labute approximate surface area is 116 Å². The number of nitrogens with one attached hydrogen (secondary N) is 1. The van der Waals surface area contributed by atoms with Crippen LogP contribution in [0.1, 0.15) is 11.1 Å². The molecule has 98 valence electrons. The number of para-hydroxylation sites is 1. The highest BCUT2D eigenvalue weighted by atomic mass is 32.2. The molecule has 0 aromatic heterocycles. The lowest BCUT2D eigenvalue weighted by molar-refractivity contribution is 0.685. The second-order valence-corrected chi connectivity index (χ2v) is 6.28. The Bertz CT molecular complexity index is 586. The zero-order chi connectivity index (χ0) is 13.1. The van der Waals surface area contributed by atoms with Crippen molar-refractivity contribution in [3.8, 4) is 0 Å². The van der Waals surface area contributed by atoms with Crippen LogP contribution in [0.3, 0.4) is 0 Å². The molecule has 0 spiro atoms. The molecule has 0 aliphatic carbocycles. The van der Waals surface area contributed by atoms with Crippen LogP contribution in [0.25, 0.3) is 0 Å². The van der Waals surface area contributed by atoms with Crippen molar-refractivity contribution in [1.29, 1.82) is 0 Å². The predicted molar refractivity (Wildman–Crippen MR) is 80.1 cm³/mol. The molecule has 0 saturated heterocycles. The third-order valence-electron chi connectivity index (χ3n) is 3.50. The number of benzene rings is 2. The van der Waals surface area contributed by atoms with Crippen molar-refractivity contribution >= 4 is 16.5 Å². The summed E-state index contributed by atoms with van der Waals surface area (Å²) in [6.45, 7) is 1.11. The first kappa shape index (κ1) is 12.4. The minimum absolute atomic E-state index is 0.698. The zero-order valence-corrected chi connectivity index (χ0v) is 11.6. The van der Waals surface area contributed by atoms with Crippen LogP contribution in [0.15, 0.2) is 53.4 Å². The fraction of sp³-hybridized carbons (Fsp3) is 0.250. The van der Waals surface area contributed by atoms with Crippen LogP contribution in [-0.2, 0) is 23.6 Å². The van der Waals surface area contributed by atoms with E-state index in [1.165, 1.54) is 23.2 Å². The smallest absolute Gasteiger partial charge is 0.0535 e. The molecule has 2 aliphatic rings. The minimum atomic E-state index is -0.698. The van der Waals surface area contributed by atoms with Gasteiger partial charge in [-0.05, 0) is 36.1 Å². The topological polar surface area (TPSA) is 29.1 Å². The number of anilines is 1. The predicted octanol–water partition coefficient (Wildman–Crippen LogP) is 3.00. The Hall–Kier alpha value is -1.61. The van der Waals surface area contributed by atoms with Crippen molar-refractivity contribution < 1.29 is 4.21 Å². The fourth-order valence-electron chi connectivity index (χ4n) is 2.49. The Morgan fingerprint density at radius 3 is 2.42 bits per heavy atom. The summed E-state index contributed by atoms with van der Waals surface area (Å²) < 4.78 is 11.2. The Balaban J connectivity index is 0.000000117. The first-order valence-corrected chi connectivity index (χ1v) is 7.94. The van der Waals surface area contributed by atoms with E-state index in [4.69, 9.17) is 0 Å². The first-order chi connectivity index (χ1) is 9.34. The lowest BCUT2D eigenvalue weighted by Crippen LogP contribution is -1.90. The summed E-state index contributed by atoms with van der Waals surface area (Å²) in [6, 6.07) is 16.4. The fourth-order valence-corrected chi connectivity index (χ4v) is 3.81. The summed E-state index contributed by atoms with van der Waals surface area (Å²) in [5.74, 6) is 0.819. The summed E-state index contributed by atoms with van der Waals surface area (Å²) in [5, 5.41) is 3.30. The van der Waals surface area contributed by atoms with Crippen LogP contribution in [0.2, 0.25) is 0 Å². The molecule has 0 saturated carbocycles. The van der Waals surface area contributed by atoms with E-state index in [1.54, 1.807) is 0 Å². The molecule has 3 heteroatoms. The van der Waals surface area contributed by atoms with E-state index in [2.05, 4.69) is 35.6 Å². The molecule has 0 bridgehead atoms. The molecule has 4 rings (SSSR count). The molecule has 0 fully saturated rings.